The lowest BCUT2D eigenvalue weighted by atomic mass is 9.94. The Hall–Kier alpha value is -1.14. The number of carbonyl (C=O) groups excluding carboxylic acids is 2. The zero-order valence-corrected chi connectivity index (χ0v) is 14.8. The van der Waals surface area contributed by atoms with E-state index in [1.54, 1.807) is 0 Å². The van der Waals surface area contributed by atoms with Gasteiger partial charge in [-0.15, -0.1) is 0 Å². The summed E-state index contributed by atoms with van der Waals surface area (Å²) in [5.74, 6) is 0.0397. The van der Waals surface area contributed by atoms with Crippen LogP contribution in [0.1, 0.15) is 39.0 Å². The second-order valence-corrected chi connectivity index (χ2v) is 6.81. The van der Waals surface area contributed by atoms with Gasteiger partial charge in [0.2, 0.25) is 5.91 Å². The maximum Gasteiger partial charge on any atom is 0.322 e. The maximum absolute atomic E-state index is 12.5. The number of methoxy groups -OCH3 is 1. The highest BCUT2D eigenvalue weighted by atomic mass is 16.5. The molecule has 6 heteroatoms. The standard InChI is InChI=1S/C17H31N3O3/c1-14(17(22)23-3)20-11-9-19(10-12-20)13-16(21)18(2)15-7-5-4-6-8-15/h14-15H,4-13H2,1-3H3/t14-/m1/s1. The molecule has 1 saturated carbocycles. The van der Waals surface area contributed by atoms with Crippen LogP contribution in [0.2, 0.25) is 0 Å². The predicted molar refractivity (Wildman–Crippen MR) is 89.1 cm³/mol. The van der Waals surface area contributed by atoms with Crippen LogP contribution >= 0.6 is 0 Å². The molecule has 0 aromatic heterocycles. The Bertz CT molecular complexity index is 402. The van der Waals surface area contributed by atoms with E-state index < -0.39 is 0 Å². The Morgan fingerprint density at radius 1 is 1.13 bits per heavy atom. The molecule has 1 saturated heterocycles. The molecular formula is C17H31N3O3. The molecule has 0 aromatic rings. The smallest absolute Gasteiger partial charge is 0.322 e. The van der Waals surface area contributed by atoms with Crippen LogP contribution in [-0.4, -0.2) is 85.5 Å². The number of carbonyl (C=O) groups is 2. The molecule has 0 bridgehead atoms. The van der Waals surface area contributed by atoms with Crippen molar-refractivity contribution in [3.05, 3.63) is 0 Å². The van der Waals surface area contributed by atoms with E-state index in [1.165, 1.54) is 26.4 Å². The molecular weight excluding hydrogens is 294 g/mol. The lowest BCUT2D eigenvalue weighted by molar-refractivity contribution is -0.147. The van der Waals surface area contributed by atoms with E-state index in [-0.39, 0.29) is 17.9 Å². The van der Waals surface area contributed by atoms with Crippen LogP contribution in [-0.2, 0) is 14.3 Å². The summed E-state index contributed by atoms with van der Waals surface area (Å²) < 4.78 is 4.80. The Morgan fingerprint density at radius 3 is 2.30 bits per heavy atom. The van der Waals surface area contributed by atoms with Gasteiger partial charge < -0.3 is 9.64 Å². The van der Waals surface area contributed by atoms with Crippen molar-refractivity contribution in [3.63, 3.8) is 0 Å². The summed E-state index contributed by atoms with van der Waals surface area (Å²) >= 11 is 0. The van der Waals surface area contributed by atoms with Gasteiger partial charge in [0.1, 0.15) is 6.04 Å². The fraction of sp³-hybridized carbons (Fsp3) is 0.882. The average molecular weight is 325 g/mol. The molecule has 1 amide bonds. The van der Waals surface area contributed by atoms with Crippen molar-refractivity contribution < 1.29 is 14.3 Å². The van der Waals surface area contributed by atoms with Gasteiger partial charge in [0.25, 0.3) is 0 Å². The molecule has 2 aliphatic rings. The number of amides is 1. The van der Waals surface area contributed by atoms with Crippen molar-refractivity contribution in [1.82, 2.24) is 14.7 Å². The Morgan fingerprint density at radius 2 is 1.74 bits per heavy atom. The first-order valence-corrected chi connectivity index (χ1v) is 8.83. The number of nitrogens with zero attached hydrogens (tertiary/aromatic N) is 3. The van der Waals surface area contributed by atoms with Crippen molar-refractivity contribution >= 4 is 11.9 Å². The van der Waals surface area contributed by atoms with Crippen LogP contribution in [0, 0.1) is 0 Å². The third-order valence-electron chi connectivity index (χ3n) is 5.37. The Kier molecular flexibility index (Phi) is 6.84. The number of hydrogen-bond acceptors (Lipinski definition) is 5. The molecule has 0 radical (unpaired) electrons. The average Bonchev–Trinajstić information content (AvgIpc) is 2.61. The molecule has 1 heterocycles. The van der Waals surface area contributed by atoms with Crippen LogP contribution < -0.4 is 0 Å². The first-order valence-electron chi connectivity index (χ1n) is 8.83. The molecule has 1 aliphatic carbocycles. The van der Waals surface area contributed by atoms with Gasteiger partial charge in [-0.25, -0.2) is 0 Å². The van der Waals surface area contributed by atoms with Gasteiger partial charge in [-0.3, -0.25) is 19.4 Å². The number of hydrogen-bond donors (Lipinski definition) is 0. The van der Waals surface area contributed by atoms with E-state index in [4.69, 9.17) is 4.74 Å². The Balaban J connectivity index is 1.75. The minimum Gasteiger partial charge on any atom is -0.468 e. The highest BCUT2D eigenvalue weighted by molar-refractivity contribution is 5.78. The second-order valence-electron chi connectivity index (χ2n) is 6.81. The molecule has 1 atom stereocenters. The van der Waals surface area contributed by atoms with Crippen LogP contribution in [0.5, 0.6) is 0 Å². The van der Waals surface area contributed by atoms with Gasteiger partial charge in [0.05, 0.1) is 13.7 Å². The maximum atomic E-state index is 12.5. The summed E-state index contributed by atoms with van der Waals surface area (Å²) in [4.78, 5) is 30.4. The van der Waals surface area contributed by atoms with Gasteiger partial charge in [0, 0.05) is 39.3 Å². The minimum absolute atomic E-state index is 0.188. The first kappa shape index (κ1) is 18.2. The highest BCUT2D eigenvalue weighted by Gasteiger charge is 2.28. The third kappa shape index (κ3) is 4.91. The van der Waals surface area contributed by atoms with Crippen LogP contribution in [0.4, 0.5) is 0 Å². The Labute approximate surface area is 139 Å². The minimum atomic E-state index is -0.206. The molecule has 2 fully saturated rings. The van der Waals surface area contributed by atoms with Crippen LogP contribution in [0.25, 0.3) is 0 Å². The molecule has 6 nitrogen and oxygen atoms in total. The van der Waals surface area contributed by atoms with Crippen molar-refractivity contribution in [1.29, 1.82) is 0 Å². The van der Waals surface area contributed by atoms with E-state index in [1.807, 2.05) is 18.9 Å². The zero-order chi connectivity index (χ0) is 16.8. The van der Waals surface area contributed by atoms with E-state index >= 15 is 0 Å². The number of ether oxygens (including phenoxy) is 1. The van der Waals surface area contributed by atoms with Gasteiger partial charge in [-0.2, -0.15) is 0 Å². The van der Waals surface area contributed by atoms with E-state index in [0.717, 1.165) is 39.0 Å². The van der Waals surface area contributed by atoms with Crippen molar-refractivity contribution in [2.24, 2.45) is 0 Å². The molecule has 0 unspecified atom stereocenters. The quantitative estimate of drug-likeness (QED) is 0.705. The molecule has 1 aliphatic heterocycles. The largest absolute Gasteiger partial charge is 0.468 e. The van der Waals surface area contributed by atoms with Gasteiger partial charge in [0.15, 0.2) is 0 Å². The van der Waals surface area contributed by atoms with Gasteiger partial charge in [-0.05, 0) is 19.8 Å². The summed E-state index contributed by atoms with van der Waals surface area (Å²) in [7, 11) is 3.38. The van der Waals surface area contributed by atoms with Crippen LogP contribution in [0.3, 0.4) is 0 Å². The zero-order valence-electron chi connectivity index (χ0n) is 14.8. The lowest BCUT2D eigenvalue weighted by Gasteiger charge is -2.38. The van der Waals surface area contributed by atoms with E-state index in [2.05, 4.69) is 9.80 Å². The van der Waals surface area contributed by atoms with E-state index in [9.17, 15) is 9.59 Å². The summed E-state index contributed by atoms with van der Waals surface area (Å²) in [6.45, 7) is 5.63. The topological polar surface area (TPSA) is 53.1 Å². The third-order valence-corrected chi connectivity index (χ3v) is 5.37. The molecule has 132 valence electrons. The second kappa shape index (κ2) is 8.64. The number of likely N-dealkylation sites (N-methyl/N-ethyl adjacent to an activating group) is 1. The van der Waals surface area contributed by atoms with Gasteiger partial charge in [-0.1, -0.05) is 19.3 Å². The molecule has 0 aromatic carbocycles. The van der Waals surface area contributed by atoms with Crippen LogP contribution in [0.15, 0.2) is 0 Å². The number of rotatable bonds is 5. The summed E-state index contributed by atoms with van der Waals surface area (Å²) in [6.07, 6.45) is 6.08. The van der Waals surface area contributed by atoms with Crippen molar-refractivity contribution in [2.75, 3.05) is 46.9 Å². The normalized spacial score (nSPS) is 22.6. The first-order chi connectivity index (χ1) is 11.0. The van der Waals surface area contributed by atoms with Gasteiger partial charge >= 0.3 is 5.97 Å². The molecule has 23 heavy (non-hydrogen) atoms. The summed E-state index contributed by atoms with van der Waals surface area (Å²) in [5, 5.41) is 0. The van der Waals surface area contributed by atoms with Crippen molar-refractivity contribution in [3.8, 4) is 0 Å². The van der Waals surface area contributed by atoms with E-state index in [0.29, 0.717) is 12.6 Å². The SMILES string of the molecule is COC(=O)[C@@H](C)N1CCN(CC(=O)N(C)C2CCCCC2)CC1. The fourth-order valence-corrected chi connectivity index (χ4v) is 3.60. The summed E-state index contributed by atoms with van der Waals surface area (Å²) in [5.41, 5.74) is 0. The molecule has 0 spiro atoms. The lowest BCUT2D eigenvalue weighted by Crippen LogP contribution is -2.54. The highest BCUT2D eigenvalue weighted by Crippen LogP contribution is 2.21. The van der Waals surface area contributed by atoms with Crippen molar-refractivity contribution in [2.45, 2.75) is 51.1 Å². The molecule has 2 rings (SSSR count). The predicted octanol–water partition coefficient (Wildman–Crippen LogP) is 0.957. The number of esters is 1. The number of piperazine rings is 1. The fourth-order valence-electron chi connectivity index (χ4n) is 3.60. The summed E-state index contributed by atoms with van der Waals surface area (Å²) in [6, 6.07) is 0.222. The molecule has 0 N–H and O–H groups in total. The monoisotopic (exact) mass is 325 g/mol.